The van der Waals surface area contributed by atoms with E-state index in [0.29, 0.717) is 6.04 Å². The smallest absolute Gasteiger partial charge is 0.150 e. The highest BCUT2D eigenvalue weighted by Crippen LogP contribution is 2.32. The molecule has 1 N–H and O–H groups in total. The van der Waals surface area contributed by atoms with Crippen molar-refractivity contribution in [1.29, 1.82) is 0 Å². The number of aromatic nitrogens is 1. The van der Waals surface area contributed by atoms with Gasteiger partial charge in [0.2, 0.25) is 0 Å². The number of hydrogen-bond acceptors (Lipinski definition) is 4. The molecule has 1 aliphatic rings. The minimum atomic E-state index is 0.376. The van der Waals surface area contributed by atoms with Crippen molar-refractivity contribution >= 4 is 11.3 Å². The molecule has 0 saturated heterocycles. The number of rotatable bonds is 4. The molecule has 0 fully saturated rings. The molecule has 4 heteroatoms. The monoisotopic (exact) mass is 276 g/mol. The maximum Gasteiger partial charge on any atom is 0.150 e. The van der Waals surface area contributed by atoms with Crippen molar-refractivity contribution in [2.45, 2.75) is 52.1 Å². The lowest BCUT2D eigenvalue weighted by Gasteiger charge is -2.10. The van der Waals surface area contributed by atoms with Crippen LogP contribution in [0.15, 0.2) is 16.7 Å². The van der Waals surface area contributed by atoms with E-state index in [1.165, 1.54) is 30.6 Å². The Morgan fingerprint density at radius 3 is 2.95 bits per heavy atom. The Kier molecular flexibility index (Phi) is 3.71. The largest absolute Gasteiger partial charge is 0.360 e. The molecule has 1 aliphatic carbocycles. The molecule has 0 radical (unpaired) electrons. The molecule has 0 bridgehead atoms. The van der Waals surface area contributed by atoms with Crippen LogP contribution in [0, 0.1) is 6.92 Å². The van der Waals surface area contributed by atoms with Crippen LogP contribution in [0.2, 0.25) is 0 Å². The SMILES string of the molecule is Cc1cc(CNC(C)c2cc3c(s2)CCCC3)on1. The van der Waals surface area contributed by atoms with Crippen LogP contribution in [0.3, 0.4) is 0 Å². The second-order valence-electron chi connectivity index (χ2n) is 5.34. The zero-order valence-electron chi connectivity index (χ0n) is 11.5. The van der Waals surface area contributed by atoms with E-state index in [4.69, 9.17) is 4.52 Å². The fraction of sp³-hybridized carbons (Fsp3) is 0.533. The molecule has 2 aromatic heterocycles. The highest BCUT2D eigenvalue weighted by molar-refractivity contribution is 7.12. The average molecular weight is 276 g/mol. The van der Waals surface area contributed by atoms with E-state index >= 15 is 0 Å². The Labute approximate surface area is 118 Å². The van der Waals surface area contributed by atoms with Gasteiger partial charge in [-0.2, -0.15) is 0 Å². The maximum absolute atomic E-state index is 5.22. The molecule has 102 valence electrons. The summed E-state index contributed by atoms with van der Waals surface area (Å²) in [4.78, 5) is 3.05. The van der Waals surface area contributed by atoms with Gasteiger partial charge < -0.3 is 9.84 Å². The molecule has 1 atom stereocenters. The van der Waals surface area contributed by atoms with Crippen LogP contribution in [0.1, 0.15) is 52.6 Å². The second kappa shape index (κ2) is 5.47. The molecule has 1 unspecified atom stereocenters. The Morgan fingerprint density at radius 2 is 2.21 bits per heavy atom. The van der Waals surface area contributed by atoms with Gasteiger partial charge in [0, 0.05) is 21.9 Å². The van der Waals surface area contributed by atoms with Gasteiger partial charge in [0.15, 0.2) is 5.76 Å². The highest BCUT2D eigenvalue weighted by Gasteiger charge is 2.16. The third-order valence-corrected chi connectivity index (χ3v) is 5.12. The molecule has 2 aromatic rings. The third-order valence-electron chi connectivity index (χ3n) is 3.70. The van der Waals surface area contributed by atoms with Gasteiger partial charge in [-0.05, 0) is 51.2 Å². The standard InChI is InChI=1S/C15H20N2OS/c1-10-7-13(18-17-10)9-16-11(2)15-8-12-5-3-4-6-14(12)19-15/h7-8,11,16H,3-6,9H2,1-2H3. The van der Waals surface area contributed by atoms with Crippen LogP contribution in [-0.2, 0) is 19.4 Å². The second-order valence-corrected chi connectivity index (χ2v) is 6.51. The van der Waals surface area contributed by atoms with Gasteiger partial charge in [0.1, 0.15) is 0 Å². The molecule has 3 nitrogen and oxygen atoms in total. The summed E-state index contributed by atoms with van der Waals surface area (Å²) in [7, 11) is 0. The lowest BCUT2D eigenvalue weighted by Crippen LogP contribution is -2.16. The Balaban J connectivity index is 1.63. The predicted molar refractivity (Wildman–Crippen MR) is 77.5 cm³/mol. The molecule has 0 aromatic carbocycles. The van der Waals surface area contributed by atoms with Gasteiger partial charge >= 0.3 is 0 Å². The van der Waals surface area contributed by atoms with E-state index in [0.717, 1.165) is 18.0 Å². The Hall–Kier alpha value is -1.13. The number of thiophene rings is 1. The summed E-state index contributed by atoms with van der Waals surface area (Å²) in [5, 5.41) is 7.42. The van der Waals surface area contributed by atoms with E-state index < -0.39 is 0 Å². The molecule has 3 rings (SSSR count). The number of aryl methyl sites for hydroxylation is 3. The fourth-order valence-corrected chi connectivity index (χ4v) is 3.87. The maximum atomic E-state index is 5.22. The Bertz CT molecular complexity index is 535. The molecular weight excluding hydrogens is 256 g/mol. The quantitative estimate of drug-likeness (QED) is 0.923. The van der Waals surface area contributed by atoms with Gasteiger partial charge in [0.05, 0.1) is 12.2 Å². The minimum Gasteiger partial charge on any atom is -0.360 e. The third kappa shape index (κ3) is 2.90. The first-order valence-corrected chi connectivity index (χ1v) is 7.81. The fourth-order valence-electron chi connectivity index (χ4n) is 2.58. The molecular formula is C15H20N2OS. The van der Waals surface area contributed by atoms with Crippen molar-refractivity contribution in [1.82, 2.24) is 10.5 Å². The number of fused-ring (bicyclic) bond motifs is 1. The van der Waals surface area contributed by atoms with Crippen LogP contribution >= 0.6 is 11.3 Å². The highest BCUT2D eigenvalue weighted by atomic mass is 32.1. The van der Waals surface area contributed by atoms with Crippen molar-refractivity contribution < 1.29 is 4.52 Å². The van der Waals surface area contributed by atoms with Gasteiger partial charge in [0.25, 0.3) is 0 Å². The minimum absolute atomic E-state index is 0.376. The summed E-state index contributed by atoms with van der Waals surface area (Å²) in [5.41, 5.74) is 2.52. The topological polar surface area (TPSA) is 38.1 Å². The lowest BCUT2D eigenvalue weighted by molar-refractivity contribution is 0.363. The van der Waals surface area contributed by atoms with Crippen LogP contribution in [-0.4, -0.2) is 5.16 Å². The number of nitrogens with one attached hydrogen (secondary N) is 1. The molecule has 0 amide bonds. The number of hydrogen-bond donors (Lipinski definition) is 1. The number of nitrogens with zero attached hydrogens (tertiary/aromatic N) is 1. The zero-order chi connectivity index (χ0) is 13.2. The van der Waals surface area contributed by atoms with Crippen molar-refractivity contribution in [2.24, 2.45) is 0 Å². The average Bonchev–Trinajstić information content (AvgIpc) is 3.01. The van der Waals surface area contributed by atoms with E-state index in [2.05, 4.69) is 23.5 Å². The van der Waals surface area contributed by atoms with Gasteiger partial charge in [-0.15, -0.1) is 11.3 Å². The van der Waals surface area contributed by atoms with Crippen LogP contribution in [0.5, 0.6) is 0 Å². The molecule has 2 heterocycles. The van der Waals surface area contributed by atoms with Crippen LogP contribution < -0.4 is 5.32 Å². The van der Waals surface area contributed by atoms with Gasteiger partial charge in [-0.25, -0.2) is 0 Å². The van der Waals surface area contributed by atoms with Crippen molar-refractivity contribution in [3.05, 3.63) is 38.9 Å². The molecule has 19 heavy (non-hydrogen) atoms. The summed E-state index contributed by atoms with van der Waals surface area (Å²) in [6.07, 6.45) is 5.24. The van der Waals surface area contributed by atoms with Crippen molar-refractivity contribution in [3.63, 3.8) is 0 Å². The van der Waals surface area contributed by atoms with E-state index in [-0.39, 0.29) is 0 Å². The zero-order valence-corrected chi connectivity index (χ0v) is 12.3. The first-order chi connectivity index (χ1) is 9.22. The predicted octanol–water partition coefficient (Wildman–Crippen LogP) is 3.77. The van der Waals surface area contributed by atoms with Crippen LogP contribution in [0.4, 0.5) is 0 Å². The van der Waals surface area contributed by atoms with E-state index in [9.17, 15) is 0 Å². The summed E-state index contributed by atoms with van der Waals surface area (Å²) in [6.45, 7) is 4.91. The van der Waals surface area contributed by atoms with E-state index in [1.54, 1.807) is 10.4 Å². The Morgan fingerprint density at radius 1 is 1.37 bits per heavy atom. The van der Waals surface area contributed by atoms with Crippen LogP contribution in [0.25, 0.3) is 0 Å². The molecule has 0 saturated carbocycles. The molecule has 0 aliphatic heterocycles. The first kappa shape index (κ1) is 12.9. The van der Waals surface area contributed by atoms with Gasteiger partial charge in [-0.1, -0.05) is 5.16 Å². The lowest BCUT2D eigenvalue weighted by atomic mass is 9.99. The summed E-state index contributed by atoms with van der Waals surface area (Å²) < 4.78 is 5.22. The summed E-state index contributed by atoms with van der Waals surface area (Å²) in [6, 6.07) is 4.75. The molecule has 0 spiro atoms. The van der Waals surface area contributed by atoms with Gasteiger partial charge in [-0.3, -0.25) is 0 Å². The summed E-state index contributed by atoms with van der Waals surface area (Å²) in [5.74, 6) is 0.908. The van der Waals surface area contributed by atoms with Crippen molar-refractivity contribution in [2.75, 3.05) is 0 Å². The first-order valence-electron chi connectivity index (χ1n) is 6.99. The van der Waals surface area contributed by atoms with E-state index in [1.807, 2.05) is 24.3 Å². The van der Waals surface area contributed by atoms with Crippen molar-refractivity contribution in [3.8, 4) is 0 Å². The normalized spacial score (nSPS) is 16.3. The summed E-state index contributed by atoms with van der Waals surface area (Å²) >= 11 is 1.98.